The van der Waals surface area contributed by atoms with Crippen LogP contribution in [-0.4, -0.2) is 22.8 Å². The van der Waals surface area contributed by atoms with Gasteiger partial charge in [0.2, 0.25) is 0 Å². The zero-order valence-corrected chi connectivity index (χ0v) is 16.7. The second kappa shape index (κ2) is 7.46. The molecule has 0 N–H and O–H groups in total. The first-order chi connectivity index (χ1) is 13.9. The van der Waals surface area contributed by atoms with Crippen LogP contribution in [0.25, 0.3) is 0 Å². The summed E-state index contributed by atoms with van der Waals surface area (Å²) < 4.78 is 19.1. The number of methoxy groups -OCH3 is 1. The van der Waals surface area contributed by atoms with E-state index in [-0.39, 0.29) is 33.6 Å². The minimum Gasteiger partial charge on any atom is -0.497 e. The number of hydrogen-bond acceptors (Lipinski definition) is 5. The van der Waals surface area contributed by atoms with Gasteiger partial charge in [-0.05, 0) is 35.9 Å². The molecule has 0 fully saturated rings. The SMILES string of the molecule is COc1ccc(CN2C(=O)c3csc([N+](=O)[O-])c3C2c2cc(F)ccc2Cl)cc1. The third kappa shape index (κ3) is 3.34. The van der Waals surface area contributed by atoms with Crippen molar-refractivity contribution in [3.8, 4) is 5.75 Å². The van der Waals surface area contributed by atoms with Gasteiger partial charge < -0.3 is 9.64 Å². The molecule has 1 atom stereocenters. The molecule has 29 heavy (non-hydrogen) atoms. The van der Waals surface area contributed by atoms with Crippen LogP contribution in [0.15, 0.2) is 47.8 Å². The summed E-state index contributed by atoms with van der Waals surface area (Å²) in [5.41, 5.74) is 1.62. The molecule has 1 aliphatic rings. The minimum absolute atomic E-state index is 0.143. The molecule has 0 spiro atoms. The number of ether oxygens (including phenoxy) is 1. The first kappa shape index (κ1) is 19.4. The fraction of sp³-hybridized carbons (Fsp3) is 0.150. The lowest BCUT2D eigenvalue weighted by Crippen LogP contribution is -2.28. The maximum absolute atomic E-state index is 14.0. The average molecular weight is 433 g/mol. The van der Waals surface area contributed by atoms with Crippen molar-refractivity contribution in [2.75, 3.05) is 7.11 Å². The van der Waals surface area contributed by atoms with Crippen LogP contribution in [0, 0.1) is 15.9 Å². The Kier molecular flexibility index (Phi) is 4.97. The molecular formula is C20H14ClFN2O4S. The second-order valence-corrected chi connectivity index (χ2v) is 7.74. The molecule has 1 aromatic heterocycles. The van der Waals surface area contributed by atoms with Crippen LogP contribution in [0.3, 0.4) is 0 Å². The minimum atomic E-state index is -0.852. The highest BCUT2D eigenvalue weighted by Crippen LogP contribution is 2.48. The highest BCUT2D eigenvalue weighted by molar-refractivity contribution is 7.13. The largest absolute Gasteiger partial charge is 0.497 e. The number of thiophene rings is 1. The van der Waals surface area contributed by atoms with Crippen LogP contribution >= 0.6 is 22.9 Å². The van der Waals surface area contributed by atoms with Crippen LogP contribution in [-0.2, 0) is 6.54 Å². The van der Waals surface area contributed by atoms with Gasteiger partial charge in [-0.2, -0.15) is 0 Å². The topological polar surface area (TPSA) is 72.7 Å². The van der Waals surface area contributed by atoms with Gasteiger partial charge in [0.15, 0.2) is 0 Å². The molecule has 2 heterocycles. The van der Waals surface area contributed by atoms with E-state index in [1.165, 1.54) is 28.5 Å². The van der Waals surface area contributed by atoms with E-state index in [1.807, 2.05) is 0 Å². The number of rotatable bonds is 5. The fourth-order valence-electron chi connectivity index (χ4n) is 3.49. The molecule has 0 radical (unpaired) electrons. The third-order valence-corrected chi connectivity index (χ3v) is 6.11. The summed E-state index contributed by atoms with van der Waals surface area (Å²) in [6.07, 6.45) is 0. The molecule has 0 bridgehead atoms. The Morgan fingerprint density at radius 2 is 2.00 bits per heavy atom. The monoisotopic (exact) mass is 432 g/mol. The van der Waals surface area contributed by atoms with Gasteiger partial charge in [0, 0.05) is 22.5 Å². The van der Waals surface area contributed by atoms with Gasteiger partial charge in [-0.3, -0.25) is 14.9 Å². The summed E-state index contributed by atoms with van der Waals surface area (Å²) in [5, 5.41) is 13.1. The van der Waals surface area contributed by atoms with Gasteiger partial charge in [-0.15, -0.1) is 0 Å². The molecule has 9 heteroatoms. The van der Waals surface area contributed by atoms with Gasteiger partial charge in [-0.25, -0.2) is 4.39 Å². The molecule has 1 aliphatic heterocycles. The zero-order valence-electron chi connectivity index (χ0n) is 15.1. The molecule has 1 amide bonds. The predicted molar refractivity (Wildman–Crippen MR) is 107 cm³/mol. The van der Waals surface area contributed by atoms with Crippen molar-refractivity contribution < 1.29 is 18.8 Å². The summed E-state index contributed by atoms with van der Waals surface area (Å²) in [7, 11) is 1.55. The first-order valence-electron chi connectivity index (χ1n) is 8.55. The quantitative estimate of drug-likeness (QED) is 0.410. The number of nitrogens with zero attached hydrogens (tertiary/aromatic N) is 2. The lowest BCUT2D eigenvalue weighted by atomic mass is 9.99. The van der Waals surface area contributed by atoms with Gasteiger partial charge >= 0.3 is 5.00 Å². The van der Waals surface area contributed by atoms with Crippen LogP contribution < -0.4 is 4.74 Å². The Morgan fingerprint density at radius 1 is 1.28 bits per heavy atom. The van der Waals surface area contributed by atoms with Crippen LogP contribution in [0.5, 0.6) is 5.75 Å². The highest BCUT2D eigenvalue weighted by atomic mass is 35.5. The number of carbonyl (C=O) groups excluding carboxylic acids is 1. The van der Waals surface area contributed by atoms with Crippen molar-refractivity contribution in [1.82, 2.24) is 4.90 Å². The van der Waals surface area contributed by atoms with Crippen molar-refractivity contribution in [1.29, 1.82) is 0 Å². The molecule has 0 aliphatic carbocycles. The summed E-state index contributed by atoms with van der Waals surface area (Å²) in [6.45, 7) is 0.177. The van der Waals surface area contributed by atoms with E-state index in [9.17, 15) is 19.3 Å². The molecule has 3 aromatic rings. The van der Waals surface area contributed by atoms with Crippen molar-refractivity contribution >= 4 is 33.8 Å². The fourth-order valence-corrected chi connectivity index (χ4v) is 4.61. The van der Waals surface area contributed by atoms with E-state index in [0.717, 1.165) is 16.9 Å². The number of hydrogen-bond donors (Lipinski definition) is 0. The number of halogens is 2. The Labute approximate surface area is 174 Å². The highest BCUT2D eigenvalue weighted by Gasteiger charge is 2.45. The molecule has 148 valence electrons. The van der Waals surface area contributed by atoms with Gasteiger partial charge in [0.25, 0.3) is 5.91 Å². The van der Waals surface area contributed by atoms with Crippen molar-refractivity contribution in [3.05, 3.63) is 91.1 Å². The molecule has 1 unspecified atom stereocenters. The third-order valence-electron chi connectivity index (χ3n) is 4.82. The summed E-state index contributed by atoms with van der Waals surface area (Å²) >= 11 is 7.20. The van der Waals surface area contributed by atoms with Gasteiger partial charge in [0.05, 0.1) is 29.2 Å². The Morgan fingerprint density at radius 3 is 2.66 bits per heavy atom. The number of fused-ring (bicyclic) bond motifs is 1. The van der Waals surface area contributed by atoms with Gasteiger partial charge in [-0.1, -0.05) is 35.1 Å². The first-order valence-corrected chi connectivity index (χ1v) is 9.81. The molecule has 0 saturated heterocycles. The van der Waals surface area contributed by atoms with Crippen molar-refractivity contribution in [2.24, 2.45) is 0 Å². The molecular weight excluding hydrogens is 419 g/mol. The number of benzene rings is 2. The Balaban J connectivity index is 1.83. The van der Waals surface area contributed by atoms with E-state index < -0.39 is 16.8 Å². The van der Waals surface area contributed by atoms with Crippen LogP contribution in [0.2, 0.25) is 5.02 Å². The normalized spacial score (nSPS) is 15.5. The number of amides is 1. The molecule has 6 nitrogen and oxygen atoms in total. The van der Waals surface area contributed by atoms with E-state index in [1.54, 1.807) is 31.4 Å². The molecule has 0 saturated carbocycles. The number of nitro groups is 1. The Hall–Kier alpha value is -2.97. The smallest absolute Gasteiger partial charge is 0.330 e. The second-order valence-electron chi connectivity index (χ2n) is 6.47. The van der Waals surface area contributed by atoms with Crippen LogP contribution in [0.4, 0.5) is 9.39 Å². The van der Waals surface area contributed by atoms with Crippen molar-refractivity contribution in [2.45, 2.75) is 12.6 Å². The van der Waals surface area contributed by atoms with E-state index >= 15 is 0 Å². The van der Waals surface area contributed by atoms with E-state index in [2.05, 4.69) is 0 Å². The maximum atomic E-state index is 14.0. The van der Waals surface area contributed by atoms with Crippen LogP contribution in [0.1, 0.15) is 33.1 Å². The lowest BCUT2D eigenvalue weighted by molar-refractivity contribution is -0.381. The Bertz CT molecular complexity index is 1120. The van der Waals surface area contributed by atoms with E-state index in [0.29, 0.717) is 11.3 Å². The molecule has 2 aromatic carbocycles. The molecule has 4 rings (SSSR count). The predicted octanol–water partition coefficient (Wildman–Crippen LogP) is 5.20. The zero-order chi connectivity index (χ0) is 20.7. The lowest BCUT2D eigenvalue weighted by Gasteiger charge is -2.26. The van der Waals surface area contributed by atoms with Crippen molar-refractivity contribution in [3.63, 3.8) is 0 Å². The van der Waals surface area contributed by atoms with Gasteiger partial charge in [0.1, 0.15) is 11.6 Å². The average Bonchev–Trinajstić information content (AvgIpc) is 3.24. The summed E-state index contributed by atoms with van der Waals surface area (Å²) in [6, 6.07) is 10.1. The maximum Gasteiger partial charge on any atom is 0.330 e. The number of carbonyl (C=O) groups is 1. The summed E-state index contributed by atoms with van der Waals surface area (Å²) in [4.78, 5) is 25.6. The summed E-state index contributed by atoms with van der Waals surface area (Å²) in [5.74, 6) is -0.223. The van der Waals surface area contributed by atoms with E-state index in [4.69, 9.17) is 16.3 Å². The standard InChI is InChI=1S/C20H14ClFN2O4S/c1-28-13-5-2-11(3-6-13)9-23-18(14-8-12(22)4-7-16(14)21)17-15(19(23)25)10-29-20(17)24(26)27/h2-8,10,18H,9H2,1H3.